The van der Waals surface area contributed by atoms with E-state index in [0.717, 1.165) is 24.5 Å². The van der Waals surface area contributed by atoms with Crippen molar-refractivity contribution in [3.63, 3.8) is 0 Å². The number of unbranched alkanes of at least 4 members (excludes halogenated alkanes) is 3. The van der Waals surface area contributed by atoms with E-state index in [0.29, 0.717) is 12.0 Å². The van der Waals surface area contributed by atoms with E-state index in [4.69, 9.17) is 4.98 Å². The lowest BCUT2D eigenvalue weighted by molar-refractivity contribution is 0.423. The molecule has 2 rings (SSSR count). The Morgan fingerprint density at radius 3 is 2.57 bits per heavy atom. The van der Waals surface area contributed by atoms with Gasteiger partial charge in [-0.15, -0.1) is 0 Å². The summed E-state index contributed by atoms with van der Waals surface area (Å²) >= 11 is 0. The summed E-state index contributed by atoms with van der Waals surface area (Å²) in [6.45, 7) is 7.78. The lowest BCUT2D eigenvalue weighted by atomic mass is 10.1. The lowest BCUT2D eigenvalue weighted by Gasteiger charge is -2.18. The van der Waals surface area contributed by atoms with Gasteiger partial charge in [0.25, 0.3) is 0 Å². The molecule has 0 aliphatic heterocycles. The minimum Gasteiger partial charge on any atom is -0.347 e. The average Bonchev–Trinajstić information content (AvgIpc) is 3.04. The van der Waals surface area contributed by atoms with Crippen LogP contribution in [0.15, 0.2) is 36.5 Å². The topological polar surface area (TPSA) is 40.7 Å². The molecule has 0 spiro atoms. The molecule has 1 unspecified atom stereocenters. The van der Waals surface area contributed by atoms with E-state index in [9.17, 15) is 0 Å². The van der Waals surface area contributed by atoms with Gasteiger partial charge in [0.2, 0.25) is 0 Å². The fraction of sp³-hybridized carbons (Fsp3) is 0.550. The standard InChI is InChI=1S/C20H31N3/c1-4-5-6-10-13-18(21-14-16(2)3)20-22-15-19(23-20)17-11-8-7-9-12-17/h7-9,11-12,15-16,18,21H,4-6,10,13-14H2,1-3H3,(H,22,23). The Kier molecular flexibility index (Phi) is 7.34. The van der Waals surface area contributed by atoms with Crippen LogP contribution < -0.4 is 5.32 Å². The minimum atomic E-state index is 0.326. The molecule has 0 fully saturated rings. The van der Waals surface area contributed by atoms with Crippen molar-refractivity contribution < 1.29 is 0 Å². The number of H-pyrrole nitrogens is 1. The van der Waals surface area contributed by atoms with Crippen molar-refractivity contribution in [1.82, 2.24) is 15.3 Å². The molecule has 0 aliphatic carbocycles. The quantitative estimate of drug-likeness (QED) is 0.582. The van der Waals surface area contributed by atoms with Gasteiger partial charge in [-0.25, -0.2) is 4.98 Å². The van der Waals surface area contributed by atoms with Crippen molar-refractivity contribution in [3.05, 3.63) is 42.4 Å². The zero-order valence-electron chi connectivity index (χ0n) is 14.8. The number of imidazole rings is 1. The molecule has 3 heteroatoms. The first-order chi connectivity index (χ1) is 11.2. The van der Waals surface area contributed by atoms with Crippen LogP contribution >= 0.6 is 0 Å². The van der Waals surface area contributed by atoms with Gasteiger partial charge in [0.15, 0.2) is 0 Å². The first-order valence-corrected chi connectivity index (χ1v) is 9.04. The molecule has 1 atom stereocenters. The summed E-state index contributed by atoms with van der Waals surface area (Å²) in [7, 11) is 0. The summed E-state index contributed by atoms with van der Waals surface area (Å²) in [5.74, 6) is 1.72. The van der Waals surface area contributed by atoms with Gasteiger partial charge in [0.1, 0.15) is 5.82 Å². The Morgan fingerprint density at radius 1 is 1.09 bits per heavy atom. The predicted octanol–water partition coefficient (Wildman–Crippen LogP) is 5.33. The molecule has 1 heterocycles. The van der Waals surface area contributed by atoms with Gasteiger partial charge in [-0.05, 0) is 18.9 Å². The molecule has 3 nitrogen and oxygen atoms in total. The van der Waals surface area contributed by atoms with E-state index in [1.165, 1.54) is 31.2 Å². The maximum atomic E-state index is 4.84. The SMILES string of the molecule is CCCCCCC(NCC(C)C)c1nc(-c2ccccc2)c[nH]1. The second kappa shape index (κ2) is 9.51. The Hall–Kier alpha value is -1.61. The second-order valence-corrected chi connectivity index (χ2v) is 6.74. The molecular weight excluding hydrogens is 282 g/mol. The van der Waals surface area contributed by atoms with Crippen molar-refractivity contribution >= 4 is 0 Å². The number of aromatic amines is 1. The Morgan fingerprint density at radius 2 is 1.87 bits per heavy atom. The predicted molar refractivity (Wildman–Crippen MR) is 98.4 cm³/mol. The number of rotatable bonds is 10. The summed E-state index contributed by atoms with van der Waals surface area (Å²) in [6, 6.07) is 10.7. The van der Waals surface area contributed by atoms with Crippen molar-refractivity contribution in [2.45, 2.75) is 58.9 Å². The van der Waals surface area contributed by atoms with Crippen LogP contribution in [0.3, 0.4) is 0 Å². The highest BCUT2D eigenvalue weighted by molar-refractivity contribution is 5.58. The molecule has 2 N–H and O–H groups in total. The van der Waals surface area contributed by atoms with Crippen LogP contribution in [0.25, 0.3) is 11.3 Å². The van der Waals surface area contributed by atoms with Crippen LogP contribution in [0.2, 0.25) is 0 Å². The first kappa shape index (κ1) is 17.7. The third-order valence-corrected chi connectivity index (χ3v) is 4.12. The highest BCUT2D eigenvalue weighted by Crippen LogP contribution is 2.22. The number of nitrogens with one attached hydrogen (secondary N) is 2. The van der Waals surface area contributed by atoms with Gasteiger partial charge >= 0.3 is 0 Å². The van der Waals surface area contributed by atoms with Gasteiger partial charge in [-0.2, -0.15) is 0 Å². The normalized spacial score (nSPS) is 12.7. The molecule has 0 amide bonds. The lowest BCUT2D eigenvalue weighted by Crippen LogP contribution is -2.26. The van der Waals surface area contributed by atoms with Crippen molar-refractivity contribution in [2.75, 3.05) is 6.54 Å². The Labute approximate surface area is 140 Å². The monoisotopic (exact) mass is 313 g/mol. The van der Waals surface area contributed by atoms with Gasteiger partial charge in [0, 0.05) is 11.8 Å². The molecule has 0 aliphatic rings. The van der Waals surface area contributed by atoms with Crippen LogP contribution in [0, 0.1) is 5.92 Å². The van der Waals surface area contributed by atoms with Crippen molar-refractivity contribution in [1.29, 1.82) is 0 Å². The molecule has 23 heavy (non-hydrogen) atoms. The maximum absolute atomic E-state index is 4.84. The van der Waals surface area contributed by atoms with Crippen LogP contribution in [0.1, 0.15) is 64.7 Å². The highest BCUT2D eigenvalue weighted by Gasteiger charge is 2.15. The third kappa shape index (κ3) is 5.83. The van der Waals surface area contributed by atoms with E-state index >= 15 is 0 Å². The summed E-state index contributed by atoms with van der Waals surface area (Å²) in [6.07, 6.45) is 8.34. The smallest absolute Gasteiger partial charge is 0.124 e. The van der Waals surface area contributed by atoms with E-state index < -0.39 is 0 Å². The van der Waals surface area contributed by atoms with Crippen LogP contribution in [0.4, 0.5) is 0 Å². The molecule has 0 saturated heterocycles. The molecule has 0 bridgehead atoms. The van der Waals surface area contributed by atoms with Crippen molar-refractivity contribution in [3.8, 4) is 11.3 Å². The summed E-state index contributed by atoms with van der Waals surface area (Å²) in [5, 5.41) is 3.68. The zero-order valence-corrected chi connectivity index (χ0v) is 14.8. The number of hydrogen-bond donors (Lipinski definition) is 2. The maximum Gasteiger partial charge on any atom is 0.124 e. The largest absolute Gasteiger partial charge is 0.347 e. The number of nitrogens with zero attached hydrogens (tertiary/aromatic N) is 1. The van der Waals surface area contributed by atoms with Crippen LogP contribution in [0.5, 0.6) is 0 Å². The molecule has 2 aromatic rings. The van der Waals surface area contributed by atoms with Gasteiger partial charge in [-0.3, -0.25) is 0 Å². The summed E-state index contributed by atoms with van der Waals surface area (Å²) in [5.41, 5.74) is 2.20. The van der Waals surface area contributed by atoms with Gasteiger partial charge in [0.05, 0.1) is 11.7 Å². The van der Waals surface area contributed by atoms with E-state index in [2.05, 4.69) is 55.3 Å². The minimum absolute atomic E-state index is 0.326. The summed E-state index contributed by atoms with van der Waals surface area (Å²) in [4.78, 5) is 8.23. The fourth-order valence-electron chi connectivity index (χ4n) is 2.76. The van der Waals surface area contributed by atoms with Crippen LogP contribution in [-0.4, -0.2) is 16.5 Å². The Balaban J connectivity index is 2.03. The highest BCUT2D eigenvalue weighted by atomic mass is 15.0. The molecule has 1 aromatic carbocycles. The molecule has 0 radical (unpaired) electrons. The third-order valence-electron chi connectivity index (χ3n) is 4.12. The van der Waals surface area contributed by atoms with E-state index in [-0.39, 0.29) is 0 Å². The van der Waals surface area contributed by atoms with E-state index in [1.807, 2.05) is 12.3 Å². The summed E-state index contributed by atoms with van der Waals surface area (Å²) < 4.78 is 0. The second-order valence-electron chi connectivity index (χ2n) is 6.74. The number of benzene rings is 1. The van der Waals surface area contributed by atoms with Gasteiger partial charge < -0.3 is 10.3 Å². The average molecular weight is 313 g/mol. The zero-order chi connectivity index (χ0) is 16.5. The fourth-order valence-corrected chi connectivity index (χ4v) is 2.76. The Bertz CT molecular complexity index is 545. The van der Waals surface area contributed by atoms with Gasteiger partial charge in [-0.1, -0.05) is 76.8 Å². The van der Waals surface area contributed by atoms with E-state index in [1.54, 1.807) is 0 Å². The molecule has 126 valence electrons. The molecule has 0 saturated carbocycles. The molecule has 1 aromatic heterocycles. The number of aromatic nitrogens is 2. The first-order valence-electron chi connectivity index (χ1n) is 9.04. The van der Waals surface area contributed by atoms with Crippen LogP contribution in [-0.2, 0) is 0 Å². The molecular formula is C20H31N3. The number of hydrogen-bond acceptors (Lipinski definition) is 2. The van der Waals surface area contributed by atoms with Crippen molar-refractivity contribution in [2.24, 2.45) is 5.92 Å².